The molecule has 1 atom stereocenters. The van der Waals surface area contributed by atoms with Crippen molar-refractivity contribution < 1.29 is 0 Å². The highest BCUT2D eigenvalue weighted by atomic mass is 35.5. The van der Waals surface area contributed by atoms with Crippen molar-refractivity contribution in [3.63, 3.8) is 0 Å². The molecule has 0 N–H and O–H groups in total. The van der Waals surface area contributed by atoms with Crippen molar-refractivity contribution >= 4 is 11.6 Å². The minimum atomic E-state index is -0.0319. The molecular weight excluding hydrogens is 420 g/mol. The van der Waals surface area contributed by atoms with Crippen molar-refractivity contribution in [3.05, 3.63) is 0 Å². The molecule has 0 nitrogen and oxygen atoms in total. The molecule has 0 aliphatic carbocycles. The first kappa shape index (κ1) is 33.3. The largest absolute Gasteiger partial charge is 0.120 e. The van der Waals surface area contributed by atoms with Crippen LogP contribution in [0.3, 0.4) is 0 Å². The molecule has 0 amide bonds. The Kier molecular flexibility index (Phi) is 25.6. The average Bonchev–Trinajstić information content (AvgIpc) is 2.78. The van der Waals surface area contributed by atoms with E-state index in [0.29, 0.717) is 5.92 Å². The quantitative estimate of drug-likeness (QED) is 0.0802. The normalized spacial score (nSPS) is 13.0. The number of hydrogen-bond acceptors (Lipinski definition) is 0. The molecule has 0 aliphatic heterocycles. The van der Waals surface area contributed by atoms with Gasteiger partial charge in [-0.1, -0.05) is 168 Å². The lowest BCUT2D eigenvalue weighted by Crippen LogP contribution is -2.24. The summed E-state index contributed by atoms with van der Waals surface area (Å²) in [6.07, 6.45) is 37.1. The zero-order valence-electron chi connectivity index (χ0n) is 23.8. The molecule has 1 unspecified atom stereocenters. The minimum Gasteiger partial charge on any atom is -0.120 e. The van der Waals surface area contributed by atoms with Crippen molar-refractivity contribution in [2.75, 3.05) is 0 Å². The first-order valence-corrected chi connectivity index (χ1v) is 16.1. The SMILES string of the molecule is CCCCCCCCCCCCCCCCC(CCCCCCCCCCCC)C(C)(C)Cl. The zero-order chi connectivity index (χ0) is 24.5. The lowest BCUT2D eigenvalue weighted by Gasteiger charge is -2.28. The van der Waals surface area contributed by atoms with Crippen LogP contribution in [0.1, 0.15) is 195 Å². The van der Waals surface area contributed by atoms with E-state index in [9.17, 15) is 0 Å². The Morgan fingerprint density at radius 1 is 0.394 bits per heavy atom. The maximum Gasteiger partial charge on any atom is 0.0418 e. The summed E-state index contributed by atoms with van der Waals surface area (Å²) in [4.78, 5) is -0.0319. The first-order chi connectivity index (χ1) is 16.0. The van der Waals surface area contributed by atoms with E-state index in [4.69, 9.17) is 11.6 Å². The van der Waals surface area contributed by atoms with Gasteiger partial charge in [0, 0.05) is 4.87 Å². The topological polar surface area (TPSA) is 0 Å². The Hall–Kier alpha value is 0.290. The molecule has 200 valence electrons. The molecule has 33 heavy (non-hydrogen) atoms. The van der Waals surface area contributed by atoms with Crippen molar-refractivity contribution in [2.45, 2.75) is 200 Å². The van der Waals surface area contributed by atoms with Crippen LogP contribution in [0.5, 0.6) is 0 Å². The molecule has 0 bridgehead atoms. The lowest BCUT2D eigenvalue weighted by atomic mass is 9.85. The van der Waals surface area contributed by atoms with Crippen LogP contribution in [0, 0.1) is 5.92 Å². The molecule has 0 saturated heterocycles. The molecule has 0 aliphatic rings. The van der Waals surface area contributed by atoms with Crippen molar-refractivity contribution in [1.82, 2.24) is 0 Å². The molecule has 0 radical (unpaired) electrons. The van der Waals surface area contributed by atoms with E-state index < -0.39 is 0 Å². The molecule has 0 saturated carbocycles. The number of alkyl halides is 1. The van der Waals surface area contributed by atoms with Crippen molar-refractivity contribution in [1.29, 1.82) is 0 Å². The van der Waals surface area contributed by atoms with Gasteiger partial charge in [0.2, 0.25) is 0 Å². The predicted molar refractivity (Wildman–Crippen MR) is 155 cm³/mol. The van der Waals surface area contributed by atoms with Crippen LogP contribution < -0.4 is 0 Å². The first-order valence-electron chi connectivity index (χ1n) is 15.7. The van der Waals surface area contributed by atoms with E-state index in [1.807, 2.05) is 0 Å². The van der Waals surface area contributed by atoms with E-state index in [-0.39, 0.29) is 4.87 Å². The van der Waals surface area contributed by atoms with Crippen LogP contribution in [0.15, 0.2) is 0 Å². The Bertz CT molecular complexity index is 356. The molecule has 0 aromatic carbocycles. The van der Waals surface area contributed by atoms with Crippen LogP contribution in [-0.4, -0.2) is 4.87 Å². The summed E-state index contributed by atoms with van der Waals surface area (Å²) in [6.45, 7) is 9.10. The summed E-state index contributed by atoms with van der Waals surface area (Å²) in [5, 5.41) is 0. The second-order valence-electron chi connectivity index (χ2n) is 11.6. The van der Waals surface area contributed by atoms with Crippen LogP contribution in [0.25, 0.3) is 0 Å². The predicted octanol–water partition coefficient (Wildman–Crippen LogP) is 12.8. The lowest BCUT2D eigenvalue weighted by molar-refractivity contribution is 0.334. The van der Waals surface area contributed by atoms with Gasteiger partial charge in [0.15, 0.2) is 0 Å². The van der Waals surface area contributed by atoms with Gasteiger partial charge in [0.05, 0.1) is 0 Å². The standard InChI is InChI=1S/C32H65Cl/c1-5-7-9-11-13-15-17-18-19-20-22-24-26-28-30-31(32(3,4)33)29-27-25-23-21-16-14-12-10-8-6-2/h31H,5-30H2,1-4H3. The third-order valence-electron chi connectivity index (χ3n) is 7.78. The monoisotopic (exact) mass is 484 g/mol. The zero-order valence-corrected chi connectivity index (χ0v) is 24.6. The fraction of sp³-hybridized carbons (Fsp3) is 1.00. The average molecular weight is 485 g/mol. The van der Waals surface area contributed by atoms with Gasteiger partial charge in [-0.25, -0.2) is 0 Å². The number of hydrogen-bond donors (Lipinski definition) is 0. The fourth-order valence-corrected chi connectivity index (χ4v) is 5.51. The summed E-state index contributed by atoms with van der Waals surface area (Å²) in [5.74, 6) is 0.700. The van der Waals surface area contributed by atoms with E-state index in [1.54, 1.807) is 0 Å². The van der Waals surface area contributed by atoms with Gasteiger partial charge >= 0.3 is 0 Å². The van der Waals surface area contributed by atoms with E-state index in [1.165, 1.54) is 167 Å². The summed E-state index contributed by atoms with van der Waals surface area (Å²) in [6, 6.07) is 0. The molecule has 0 aromatic heterocycles. The van der Waals surface area contributed by atoms with Crippen molar-refractivity contribution in [3.8, 4) is 0 Å². The van der Waals surface area contributed by atoms with E-state index in [0.717, 1.165) is 0 Å². The molecule has 1 heteroatoms. The highest BCUT2D eigenvalue weighted by Gasteiger charge is 2.25. The number of rotatable bonds is 27. The smallest absolute Gasteiger partial charge is 0.0418 e. The van der Waals surface area contributed by atoms with Gasteiger partial charge in [-0.15, -0.1) is 11.6 Å². The Balaban J connectivity index is 3.54. The second kappa shape index (κ2) is 25.4. The van der Waals surface area contributed by atoms with Gasteiger partial charge < -0.3 is 0 Å². The molecule has 0 rings (SSSR count). The van der Waals surface area contributed by atoms with Gasteiger partial charge in [0.1, 0.15) is 0 Å². The van der Waals surface area contributed by atoms with Crippen LogP contribution in [-0.2, 0) is 0 Å². The van der Waals surface area contributed by atoms with Crippen LogP contribution in [0.4, 0.5) is 0 Å². The Morgan fingerprint density at radius 3 is 0.818 bits per heavy atom. The third-order valence-corrected chi connectivity index (χ3v) is 8.09. The minimum absolute atomic E-state index is 0.0319. The van der Waals surface area contributed by atoms with Crippen LogP contribution >= 0.6 is 11.6 Å². The summed E-state index contributed by atoms with van der Waals surface area (Å²) < 4.78 is 0. The molecule has 0 heterocycles. The Morgan fingerprint density at radius 2 is 0.606 bits per heavy atom. The Labute approximate surface area is 216 Å². The highest BCUT2D eigenvalue weighted by molar-refractivity contribution is 6.23. The summed E-state index contributed by atoms with van der Waals surface area (Å²) in [5.41, 5.74) is 0. The number of unbranched alkanes of at least 4 members (excludes halogenated alkanes) is 22. The van der Waals surface area contributed by atoms with Crippen LogP contribution in [0.2, 0.25) is 0 Å². The highest BCUT2D eigenvalue weighted by Crippen LogP contribution is 2.33. The molecule has 0 fully saturated rings. The molecule has 0 spiro atoms. The summed E-state index contributed by atoms with van der Waals surface area (Å²) in [7, 11) is 0. The third kappa shape index (κ3) is 25.2. The maximum atomic E-state index is 6.78. The molecular formula is C32H65Cl. The van der Waals surface area contributed by atoms with Gasteiger partial charge in [-0.2, -0.15) is 0 Å². The van der Waals surface area contributed by atoms with E-state index in [2.05, 4.69) is 27.7 Å². The maximum absolute atomic E-state index is 6.78. The number of halogens is 1. The van der Waals surface area contributed by atoms with Gasteiger partial charge in [-0.3, -0.25) is 0 Å². The fourth-order valence-electron chi connectivity index (χ4n) is 5.29. The summed E-state index contributed by atoms with van der Waals surface area (Å²) >= 11 is 6.78. The second-order valence-corrected chi connectivity index (χ2v) is 12.6. The van der Waals surface area contributed by atoms with Gasteiger partial charge in [0.25, 0.3) is 0 Å². The van der Waals surface area contributed by atoms with Gasteiger partial charge in [-0.05, 0) is 32.6 Å². The molecule has 0 aromatic rings. The van der Waals surface area contributed by atoms with Crippen molar-refractivity contribution in [2.24, 2.45) is 5.92 Å². The van der Waals surface area contributed by atoms with E-state index >= 15 is 0 Å².